The summed E-state index contributed by atoms with van der Waals surface area (Å²) in [6, 6.07) is 10.7. The highest BCUT2D eigenvalue weighted by molar-refractivity contribution is 6.14. The number of aromatic nitrogens is 2. The number of rotatable bonds is 31. The maximum Gasteiger partial charge on any atom is 0.303 e. The minimum absolute atomic E-state index is 0.0704. The van der Waals surface area contributed by atoms with Gasteiger partial charge in [-0.25, -0.2) is 8.78 Å². The molecule has 0 aliphatic carbocycles. The van der Waals surface area contributed by atoms with E-state index in [1.54, 1.807) is 67.9 Å². The summed E-state index contributed by atoms with van der Waals surface area (Å²) in [6.45, 7) is 1.05. The summed E-state index contributed by atoms with van der Waals surface area (Å²) in [4.78, 5) is 160. The number of amides is 11. The first-order valence-corrected chi connectivity index (χ1v) is 26.3. The predicted octanol–water partition coefficient (Wildman–Crippen LogP) is -0.998. The van der Waals surface area contributed by atoms with Crippen LogP contribution in [0.25, 0.3) is 11.1 Å². The van der Waals surface area contributed by atoms with Crippen molar-refractivity contribution in [2.75, 3.05) is 45.9 Å². The first-order valence-electron chi connectivity index (χ1n) is 26.3. The normalized spacial score (nSPS) is 13.4. The molecule has 3 heterocycles. The number of benzene rings is 2. The number of aliphatic carboxylic acids is 1. The average molecular weight is 1170 g/mol. The molecule has 1 aliphatic heterocycles. The topological polar surface area (TPSA) is 380 Å². The number of carbonyl (C=O) groups excluding carboxylic acids is 11. The Morgan fingerprint density at radius 1 is 0.702 bits per heavy atom. The second kappa shape index (κ2) is 30.9. The Hall–Kier alpha value is -9.73. The molecule has 2 aromatic carbocycles. The van der Waals surface area contributed by atoms with E-state index in [4.69, 9.17) is 5.73 Å². The largest absolute Gasteiger partial charge is 0.481 e. The van der Waals surface area contributed by atoms with Crippen molar-refractivity contribution in [3.63, 3.8) is 0 Å². The van der Waals surface area contributed by atoms with Crippen molar-refractivity contribution in [2.45, 2.75) is 83.6 Å². The fraction of sp³-hybridized carbons (Fsp3) is 0.375. The zero-order valence-electron chi connectivity index (χ0n) is 46.2. The number of hydrogen-bond acceptors (Lipinski definition) is 14. The number of aliphatic hydroxyl groups excluding tert-OH is 1. The van der Waals surface area contributed by atoms with E-state index in [9.17, 15) is 72.1 Å². The lowest BCUT2D eigenvalue weighted by Crippen LogP contribution is -2.57. The van der Waals surface area contributed by atoms with Gasteiger partial charge in [0, 0.05) is 80.2 Å². The Kier molecular flexibility index (Phi) is 23.9. The molecular weight excluding hydrogens is 1100 g/mol. The van der Waals surface area contributed by atoms with Gasteiger partial charge in [0.2, 0.25) is 53.2 Å². The number of nitrogens with zero attached hydrogens (tertiary/aromatic N) is 4. The molecule has 448 valence electrons. The van der Waals surface area contributed by atoms with E-state index in [1.165, 1.54) is 17.3 Å². The quantitative estimate of drug-likeness (QED) is 0.0214. The molecule has 28 heteroatoms. The van der Waals surface area contributed by atoms with Crippen molar-refractivity contribution < 1.29 is 76.5 Å². The van der Waals surface area contributed by atoms with Crippen LogP contribution in [-0.4, -0.2) is 165 Å². The van der Waals surface area contributed by atoms with E-state index >= 15 is 4.39 Å². The van der Waals surface area contributed by atoms with Crippen LogP contribution >= 0.6 is 0 Å². The number of carboxylic acids is 1. The van der Waals surface area contributed by atoms with E-state index in [1.807, 2.05) is 12.1 Å². The molecule has 11 amide bonds. The van der Waals surface area contributed by atoms with Crippen LogP contribution in [0.5, 0.6) is 0 Å². The number of halogens is 2. The average Bonchev–Trinajstić information content (AvgIpc) is 3.01. The number of imide groups is 1. The van der Waals surface area contributed by atoms with Crippen LogP contribution in [0.2, 0.25) is 0 Å². The highest BCUT2D eigenvalue weighted by atomic mass is 19.1. The number of nitrogens with two attached hydrogens (primary N) is 1. The summed E-state index contributed by atoms with van der Waals surface area (Å²) in [5, 5.41) is 36.5. The van der Waals surface area contributed by atoms with Crippen LogP contribution in [0, 0.1) is 17.0 Å². The molecule has 0 radical (unpaired) electrons. The van der Waals surface area contributed by atoms with Gasteiger partial charge in [-0.3, -0.25) is 67.4 Å². The number of primary amides is 1. The standard InChI is InChI=1S/C56H66F2N12O14/c1-56(2,3)52(42-24-35(37-25-36(57)9-10-38(37)58)30-68(42)29-34-7-5-4-6-8-34)69(50(79)32-71)22-17-40(54(83)62-21-20-61-53(82)39(11-14-51(80)81)65-47(76)31-70-48(77)12-13-49(70)78)67-55(84)41(26-43(59)72)66-46(75)28-64-45(74)27-63-44(73)23-33-15-18-60-19-16-33/h4-10,12-13,15-16,18-19,24-25,30,39-41,52,71H,11,14,17,20-23,26-29,31-32H2,1-3H3,(H2,59,72)(H,61,82)(H,62,83)(H,63,73)(H,64,74)(H,65,76)(H,66,75)(H,67,84)(H,80,81). The van der Waals surface area contributed by atoms with Crippen LogP contribution in [0.4, 0.5) is 8.78 Å². The summed E-state index contributed by atoms with van der Waals surface area (Å²) < 4.78 is 31.8. The van der Waals surface area contributed by atoms with Crippen molar-refractivity contribution in [3.05, 3.63) is 126 Å². The van der Waals surface area contributed by atoms with E-state index in [0.29, 0.717) is 16.2 Å². The molecule has 0 saturated carbocycles. The molecule has 1 aliphatic rings. The number of aliphatic hydroxyl groups is 1. The zero-order chi connectivity index (χ0) is 61.7. The Labute approximate surface area is 480 Å². The van der Waals surface area contributed by atoms with Crippen LogP contribution in [-0.2, 0) is 70.5 Å². The second-order valence-corrected chi connectivity index (χ2v) is 20.4. The number of carboxylic acid groups (broad SMARTS) is 1. The number of nitrogens with one attached hydrogen (secondary N) is 7. The van der Waals surface area contributed by atoms with E-state index in [2.05, 4.69) is 42.2 Å². The smallest absolute Gasteiger partial charge is 0.303 e. The first kappa shape index (κ1) is 65.1. The summed E-state index contributed by atoms with van der Waals surface area (Å²) >= 11 is 0. The molecule has 0 spiro atoms. The van der Waals surface area contributed by atoms with Gasteiger partial charge in [0.15, 0.2) is 0 Å². The molecule has 84 heavy (non-hydrogen) atoms. The third-order valence-corrected chi connectivity index (χ3v) is 12.8. The lowest BCUT2D eigenvalue weighted by Gasteiger charge is -2.41. The summed E-state index contributed by atoms with van der Waals surface area (Å²) in [6.07, 6.45) is 3.99. The maximum atomic E-state index is 15.4. The van der Waals surface area contributed by atoms with Crippen LogP contribution in [0.15, 0.2) is 97.5 Å². The van der Waals surface area contributed by atoms with Crippen molar-refractivity contribution in [3.8, 4) is 11.1 Å². The van der Waals surface area contributed by atoms with E-state index in [-0.39, 0.29) is 24.1 Å². The molecule has 4 unspecified atom stereocenters. The monoisotopic (exact) mass is 1170 g/mol. The first-order chi connectivity index (χ1) is 39.8. The van der Waals surface area contributed by atoms with Gasteiger partial charge >= 0.3 is 5.97 Å². The van der Waals surface area contributed by atoms with Gasteiger partial charge < -0.3 is 62.6 Å². The zero-order valence-corrected chi connectivity index (χ0v) is 46.2. The molecule has 26 nitrogen and oxygen atoms in total. The molecule has 4 aromatic rings. The summed E-state index contributed by atoms with van der Waals surface area (Å²) in [7, 11) is 0. The molecular formula is C56H66F2N12O14. The Bertz CT molecular complexity index is 3100. The molecule has 11 N–H and O–H groups in total. The van der Waals surface area contributed by atoms with Gasteiger partial charge in [-0.05, 0) is 65.8 Å². The number of hydrogen-bond donors (Lipinski definition) is 10. The third kappa shape index (κ3) is 20.1. The lowest BCUT2D eigenvalue weighted by molar-refractivity contribution is -0.141. The Morgan fingerprint density at radius 2 is 1.31 bits per heavy atom. The van der Waals surface area contributed by atoms with Crippen LogP contribution < -0.4 is 43.0 Å². The van der Waals surface area contributed by atoms with Gasteiger partial charge in [0.1, 0.15) is 42.9 Å². The van der Waals surface area contributed by atoms with Crippen molar-refractivity contribution >= 4 is 70.9 Å². The summed E-state index contributed by atoms with van der Waals surface area (Å²) in [5.74, 6) is -12.7. The minimum Gasteiger partial charge on any atom is -0.481 e. The lowest BCUT2D eigenvalue weighted by atomic mass is 9.82. The highest BCUT2D eigenvalue weighted by Crippen LogP contribution is 2.41. The molecule has 4 atom stereocenters. The van der Waals surface area contributed by atoms with Gasteiger partial charge in [0.25, 0.3) is 11.8 Å². The van der Waals surface area contributed by atoms with Gasteiger partial charge in [-0.2, -0.15) is 0 Å². The van der Waals surface area contributed by atoms with Gasteiger partial charge in [0.05, 0.1) is 32.0 Å². The van der Waals surface area contributed by atoms with E-state index < -0.39 is 184 Å². The fourth-order valence-corrected chi connectivity index (χ4v) is 8.86. The molecule has 0 saturated heterocycles. The van der Waals surface area contributed by atoms with E-state index in [0.717, 1.165) is 35.9 Å². The van der Waals surface area contributed by atoms with Crippen LogP contribution in [0.3, 0.4) is 0 Å². The van der Waals surface area contributed by atoms with Crippen molar-refractivity contribution in [1.82, 2.24) is 56.6 Å². The van der Waals surface area contributed by atoms with Gasteiger partial charge in [-0.15, -0.1) is 0 Å². The molecule has 0 fully saturated rings. The molecule has 2 aromatic heterocycles. The fourth-order valence-electron chi connectivity index (χ4n) is 8.86. The number of pyridine rings is 1. The van der Waals surface area contributed by atoms with Crippen LogP contribution in [0.1, 0.15) is 69.3 Å². The van der Waals surface area contributed by atoms with Gasteiger partial charge in [-0.1, -0.05) is 51.1 Å². The second-order valence-electron chi connectivity index (χ2n) is 20.4. The highest BCUT2D eigenvalue weighted by Gasteiger charge is 2.39. The molecule has 0 bridgehead atoms. The maximum absolute atomic E-state index is 15.4. The van der Waals surface area contributed by atoms with Crippen molar-refractivity contribution in [1.29, 1.82) is 0 Å². The molecule has 5 rings (SSSR count). The van der Waals surface area contributed by atoms with Crippen molar-refractivity contribution in [2.24, 2.45) is 11.1 Å². The predicted molar refractivity (Wildman–Crippen MR) is 293 cm³/mol. The SMILES string of the molecule is CC(C)(C)C(c1cc(-c2cc(F)ccc2F)cn1Cc1ccccc1)N(CCC(NC(=O)C(CC(N)=O)NC(=O)CNC(=O)CNC(=O)Cc1ccncc1)C(=O)NCCNC(=O)C(CCC(=O)O)NC(=O)CN1C(=O)C=CC1=O)C(=O)CO. The Morgan fingerprint density at radius 3 is 1.92 bits per heavy atom. The number of carbonyl (C=O) groups is 12. The minimum atomic E-state index is -1.79. The summed E-state index contributed by atoms with van der Waals surface area (Å²) in [5.41, 5.74) is 6.43. The third-order valence-electron chi connectivity index (χ3n) is 12.8. The Balaban J connectivity index is 1.40.